The predicted octanol–water partition coefficient (Wildman–Crippen LogP) is 3.63. The van der Waals surface area contributed by atoms with E-state index in [0.717, 1.165) is 12.3 Å². The average molecular weight is 558 g/mol. The topological polar surface area (TPSA) is 123 Å². The Morgan fingerprint density at radius 3 is 2.59 bits per heavy atom. The second kappa shape index (κ2) is 10.9. The number of sulfone groups is 1. The first-order valence-electron chi connectivity index (χ1n) is 12.3. The zero-order valence-electron chi connectivity index (χ0n) is 21.5. The fraction of sp³-hybridized carbons (Fsp3) is 0.346. The van der Waals surface area contributed by atoms with Crippen LogP contribution in [0.2, 0.25) is 0 Å². The second-order valence-electron chi connectivity index (χ2n) is 9.22. The van der Waals surface area contributed by atoms with Crippen molar-refractivity contribution in [1.29, 1.82) is 0 Å². The second-order valence-corrected chi connectivity index (χ2v) is 11.2. The van der Waals surface area contributed by atoms with Gasteiger partial charge in [0.2, 0.25) is 5.75 Å². The molecule has 1 fully saturated rings. The number of benzene rings is 2. The number of hydrogen-bond acceptors (Lipinski definition) is 10. The van der Waals surface area contributed by atoms with Crippen LogP contribution in [0.1, 0.15) is 12.8 Å². The number of carbonyl (C=O) groups is 1. The summed E-state index contributed by atoms with van der Waals surface area (Å²) in [6.45, 7) is 1.99. The summed E-state index contributed by atoms with van der Waals surface area (Å²) in [6, 6.07) is 10.6. The van der Waals surface area contributed by atoms with Crippen molar-refractivity contribution < 1.29 is 31.8 Å². The molecule has 0 atom stereocenters. The number of nitrogens with one attached hydrogen (secondary N) is 1. The van der Waals surface area contributed by atoms with Gasteiger partial charge in [-0.15, -0.1) is 0 Å². The Labute approximate surface area is 225 Å². The standard InChI is InChI=1S/C26H28FN5O6S/c1-36-18-4-3-5-19(14-18)38-26(33)31-10-8-17(9-11-31)32-12-13-37-23-24(28-16-29-25(23)32)30-22-7-6-20(15-21(22)27)39(2,34)35/h3-7,14-17H,8-13H2,1-2H3,(H,28,29,30). The molecule has 0 saturated carbocycles. The maximum atomic E-state index is 14.7. The van der Waals surface area contributed by atoms with Crippen LogP contribution in [-0.2, 0) is 9.84 Å². The molecule has 2 aromatic carbocycles. The van der Waals surface area contributed by atoms with Crippen molar-refractivity contribution in [3.05, 3.63) is 54.6 Å². The normalized spacial score (nSPS) is 15.8. The SMILES string of the molecule is COc1cccc(OC(=O)N2CCC(N3CCOc4c(Nc5ccc(S(C)(=O)=O)cc5F)ncnc43)CC2)c1. The van der Waals surface area contributed by atoms with Gasteiger partial charge in [-0.1, -0.05) is 6.07 Å². The van der Waals surface area contributed by atoms with Gasteiger partial charge in [-0.3, -0.25) is 0 Å². The molecule has 206 valence electrons. The number of ether oxygens (including phenoxy) is 3. The van der Waals surface area contributed by atoms with Crippen LogP contribution in [0.3, 0.4) is 0 Å². The molecular formula is C26H28FN5O6S. The van der Waals surface area contributed by atoms with Crippen LogP contribution in [-0.4, -0.2) is 75.0 Å². The summed E-state index contributed by atoms with van der Waals surface area (Å²) in [5.41, 5.74) is 0.0619. The maximum Gasteiger partial charge on any atom is 0.415 e. The summed E-state index contributed by atoms with van der Waals surface area (Å²) in [4.78, 5) is 25.1. The lowest BCUT2D eigenvalue weighted by Gasteiger charge is -2.41. The minimum absolute atomic E-state index is 0.0619. The minimum atomic E-state index is -3.54. The van der Waals surface area contributed by atoms with Crippen molar-refractivity contribution >= 4 is 33.3 Å². The van der Waals surface area contributed by atoms with Gasteiger partial charge in [0.25, 0.3) is 0 Å². The zero-order chi connectivity index (χ0) is 27.6. The predicted molar refractivity (Wildman–Crippen MR) is 141 cm³/mol. The summed E-state index contributed by atoms with van der Waals surface area (Å²) in [6.07, 6.45) is 3.36. The largest absolute Gasteiger partial charge is 0.497 e. The highest BCUT2D eigenvalue weighted by molar-refractivity contribution is 7.90. The van der Waals surface area contributed by atoms with Crippen molar-refractivity contribution in [2.45, 2.75) is 23.8 Å². The number of halogens is 1. The molecule has 0 radical (unpaired) electrons. The third-order valence-electron chi connectivity index (χ3n) is 6.67. The van der Waals surface area contributed by atoms with Crippen molar-refractivity contribution in [3.8, 4) is 17.2 Å². The third-order valence-corrected chi connectivity index (χ3v) is 7.78. The van der Waals surface area contributed by atoms with Crippen LogP contribution in [0.15, 0.2) is 53.7 Å². The molecule has 1 N–H and O–H groups in total. The van der Waals surface area contributed by atoms with Gasteiger partial charge in [0.15, 0.2) is 21.5 Å². The molecule has 1 aromatic heterocycles. The fourth-order valence-electron chi connectivity index (χ4n) is 4.64. The Morgan fingerprint density at radius 2 is 1.87 bits per heavy atom. The fourth-order valence-corrected chi connectivity index (χ4v) is 5.28. The van der Waals surface area contributed by atoms with E-state index < -0.39 is 21.7 Å². The number of nitrogens with zero attached hydrogens (tertiary/aromatic N) is 4. The molecule has 1 amide bonds. The van der Waals surface area contributed by atoms with Gasteiger partial charge in [-0.05, 0) is 43.2 Å². The molecule has 3 heterocycles. The molecule has 2 aliphatic heterocycles. The molecule has 1 saturated heterocycles. The molecule has 2 aliphatic rings. The van der Waals surface area contributed by atoms with E-state index in [4.69, 9.17) is 14.2 Å². The van der Waals surface area contributed by atoms with E-state index in [-0.39, 0.29) is 22.4 Å². The molecule has 0 unspecified atom stereocenters. The van der Waals surface area contributed by atoms with Crippen LogP contribution in [0.25, 0.3) is 0 Å². The Kier molecular flexibility index (Phi) is 7.42. The molecule has 0 bridgehead atoms. The number of carbonyl (C=O) groups excluding carboxylic acids is 1. The summed E-state index contributed by atoms with van der Waals surface area (Å²) >= 11 is 0. The molecule has 5 rings (SSSR count). The van der Waals surface area contributed by atoms with Gasteiger partial charge in [0, 0.05) is 31.5 Å². The van der Waals surface area contributed by atoms with Crippen LogP contribution < -0.4 is 24.4 Å². The first-order valence-corrected chi connectivity index (χ1v) is 14.2. The number of fused-ring (bicyclic) bond motifs is 1. The average Bonchev–Trinajstić information content (AvgIpc) is 2.93. The Balaban J connectivity index is 1.26. The number of rotatable bonds is 6. The number of amides is 1. The number of likely N-dealkylation sites (tertiary alicyclic amines) is 1. The highest BCUT2D eigenvalue weighted by Crippen LogP contribution is 2.39. The van der Waals surface area contributed by atoms with Gasteiger partial charge in [-0.25, -0.2) is 27.6 Å². The lowest BCUT2D eigenvalue weighted by Crippen LogP contribution is -2.50. The Bertz CT molecular complexity index is 1480. The summed E-state index contributed by atoms with van der Waals surface area (Å²) in [5, 5.41) is 2.90. The number of piperidine rings is 1. The Hall–Kier alpha value is -4.13. The summed E-state index contributed by atoms with van der Waals surface area (Å²) in [5.74, 6) is 1.53. The van der Waals surface area contributed by atoms with E-state index in [1.54, 1.807) is 36.3 Å². The van der Waals surface area contributed by atoms with Gasteiger partial charge in [0.1, 0.15) is 30.3 Å². The lowest BCUT2D eigenvalue weighted by atomic mass is 10.0. The van der Waals surface area contributed by atoms with Crippen LogP contribution in [0, 0.1) is 5.82 Å². The molecule has 39 heavy (non-hydrogen) atoms. The van der Waals surface area contributed by atoms with E-state index in [1.165, 1.54) is 18.5 Å². The van der Waals surface area contributed by atoms with E-state index in [2.05, 4.69) is 20.2 Å². The van der Waals surface area contributed by atoms with Crippen LogP contribution in [0.4, 0.5) is 26.5 Å². The molecule has 3 aromatic rings. The van der Waals surface area contributed by atoms with E-state index in [0.29, 0.717) is 62.1 Å². The first-order chi connectivity index (χ1) is 18.7. The number of anilines is 3. The highest BCUT2D eigenvalue weighted by Gasteiger charge is 2.33. The monoisotopic (exact) mass is 557 g/mol. The highest BCUT2D eigenvalue weighted by atomic mass is 32.2. The number of hydrogen-bond donors (Lipinski definition) is 1. The van der Waals surface area contributed by atoms with Gasteiger partial charge < -0.3 is 29.3 Å². The smallest absolute Gasteiger partial charge is 0.415 e. The molecule has 13 heteroatoms. The Morgan fingerprint density at radius 1 is 1.10 bits per heavy atom. The molecule has 0 aliphatic carbocycles. The first kappa shape index (κ1) is 26.5. The van der Waals surface area contributed by atoms with E-state index >= 15 is 0 Å². The lowest BCUT2D eigenvalue weighted by molar-refractivity contribution is 0.137. The van der Waals surface area contributed by atoms with Crippen molar-refractivity contribution in [2.24, 2.45) is 0 Å². The van der Waals surface area contributed by atoms with Crippen LogP contribution >= 0.6 is 0 Å². The molecule has 0 spiro atoms. The van der Waals surface area contributed by atoms with Crippen molar-refractivity contribution in [3.63, 3.8) is 0 Å². The minimum Gasteiger partial charge on any atom is -0.497 e. The summed E-state index contributed by atoms with van der Waals surface area (Å²) in [7, 11) is -1.99. The molecular weight excluding hydrogens is 529 g/mol. The van der Waals surface area contributed by atoms with Gasteiger partial charge >= 0.3 is 6.09 Å². The van der Waals surface area contributed by atoms with Gasteiger partial charge in [-0.2, -0.15) is 0 Å². The van der Waals surface area contributed by atoms with Crippen molar-refractivity contribution in [1.82, 2.24) is 14.9 Å². The van der Waals surface area contributed by atoms with Crippen molar-refractivity contribution in [2.75, 3.05) is 49.8 Å². The maximum absolute atomic E-state index is 14.7. The third kappa shape index (κ3) is 5.82. The van der Waals surface area contributed by atoms with E-state index in [1.807, 2.05) is 0 Å². The zero-order valence-corrected chi connectivity index (χ0v) is 22.3. The number of aromatic nitrogens is 2. The van der Waals surface area contributed by atoms with Crippen LogP contribution in [0.5, 0.6) is 17.2 Å². The van der Waals surface area contributed by atoms with Gasteiger partial charge in [0.05, 0.1) is 24.2 Å². The van der Waals surface area contributed by atoms with E-state index in [9.17, 15) is 17.6 Å². The molecule has 11 nitrogen and oxygen atoms in total. The quantitative estimate of drug-likeness (QED) is 0.481. The summed E-state index contributed by atoms with van der Waals surface area (Å²) < 4.78 is 54.7. The number of methoxy groups -OCH3 is 1.